The van der Waals surface area contributed by atoms with Crippen LogP contribution in [0.5, 0.6) is 0 Å². The summed E-state index contributed by atoms with van der Waals surface area (Å²) in [6.07, 6.45) is 0. The molecule has 0 fully saturated rings. The summed E-state index contributed by atoms with van der Waals surface area (Å²) in [6, 6.07) is 3.86. The lowest BCUT2D eigenvalue weighted by Gasteiger charge is -2.06. The van der Waals surface area contributed by atoms with Gasteiger partial charge >= 0.3 is 0 Å². The maximum absolute atomic E-state index is 12.8. The number of anilines is 1. The third kappa shape index (κ3) is 3.96. The molecule has 0 aromatic heterocycles. The Morgan fingerprint density at radius 2 is 2.13 bits per heavy atom. The standard InChI is InChI=1S/C8H8BrClFNO2S/c9-7-5-6(1-2-8(7)11)12-15(13,14)4-3-10/h1-2,5,12H,3-4H2. The third-order valence-corrected chi connectivity index (χ3v) is 3.85. The van der Waals surface area contributed by atoms with Crippen LogP contribution >= 0.6 is 27.5 Å². The Morgan fingerprint density at radius 3 is 2.67 bits per heavy atom. The highest BCUT2D eigenvalue weighted by atomic mass is 79.9. The van der Waals surface area contributed by atoms with Gasteiger partial charge in [0.25, 0.3) is 0 Å². The van der Waals surface area contributed by atoms with Gasteiger partial charge in [0.15, 0.2) is 0 Å². The van der Waals surface area contributed by atoms with Crippen LogP contribution in [0.25, 0.3) is 0 Å². The van der Waals surface area contributed by atoms with Crippen LogP contribution in [0.15, 0.2) is 22.7 Å². The Kier molecular flexibility index (Phi) is 4.36. The Bertz CT molecular complexity index is 452. The first-order chi connectivity index (χ1) is 6.94. The summed E-state index contributed by atoms with van der Waals surface area (Å²) < 4.78 is 37.9. The van der Waals surface area contributed by atoms with E-state index in [4.69, 9.17) is 11.6 Å². The molecule has 1 aromatic carbocycles. The predicted octanol–water partition coefficient (Wildman–Crippen LogP) is 2.57. The molecule has 0 unspecified atom stereocenters. The number of hydrogen-bond acceptors (Lipinski definition) is 2. The van der Waals surface area contributed by atoms with Crippen molar-refractivity contribution in [3.63, 3.8) is 0 Å². The summed E-state index contributed by atoms with van der Waals surface area (Å²) in [5.74, 6) is -0.614. The molecule has 1 N–H and O–H groups in total. The Morgan fingerprint density at radius 1 is 1.47 bits per heavy atom. The Balaban J connectivity index is 2.86. The summed E-state index contributed by atoms with van der Waals surface area (Å²) in [4.78, 5) is 0. The van der Waals surface area contributed by atoms with Crippen LogP contribution in [0.2, 0.25) is 0 Å². The summed E-state index contributed by atoms with van der Waals surface area (Å²) in [5.41, 5.74) is 0.299. The molecule has 0 aliphatic carbocycles. The molecule has 0 bridgehead atoms. The van der Waals surface area contributed by atoms with E-state index in [9.17, 15) is 12.8 Å². The van der Waals surface area contributed by atoms with Crippen LogP contribution in [-0.2, 0) is 10.0 Å². The molecule has 1 rings (SSSR count). The molecule has 0 aliphatic rings. The number of alkyl halides is 1. The fraction of sp³-hybridized carbons (Fsp3) is 0.250. The second-order valence-corrected chi connectivity index (χ2v) is 5.81. The first-order valence-corrected chi connectivity index (χ1v) is 6.94. The summed E-state index contributed by atoms with van der Waals surface area (Å²) in [6.45, 7) is 0. The van der Waals surface area contributed by atoms with Gasteiger partial charge in [-0.3, -0.25) is 4.72 Å². The average molecular weight is 317 g/mol. The van der Waals surface area contributed by atoms with Crippen LogP contribution in [0.4, 0.5) is 10.1 Å². The van der Waals surface area contributed by atoms with Gasteiger partial charge in [0, 0.05) is 11.6 Å². The van der Waals surface area contributed by atoms with Crippen molar-refractivity contribution in [2.45, 2.75) is 0 Å². The van der Waals surface area contributed by atoms with Gasteiger partial charge in [-0.05, 0) is 34.1 Å². The van der Waals surface area contributed by atoms with Crippen LogP contribution < -0.4 is 4.72 Å². The third-order valence-electron chi connectivity index (χ3n) is 1.54. The lowest BCUT2D eigenvalue weighted by Crippen LogP contribution is -2.17. The van der Waals surface area contributed by atoms with E-state index >= 15 is 0 Å². The van der Waals surface area contributed by atoms with E-state index in [1.54, 1.807) is 0 Å². The predicted molar refractivity (Wildman–Crippen MR) is 62.2 cm³/mol. The van der Waals surface area contributed by atoms with Crippen molar-refractivity contribution >= 4 is 43.2 Å². The van der Waals surface area contributed by atoms with Gasteiger partial charge in [0.1, 0.15) is 5.82 Å². The molecule has 1 aromatic rings. The largest absolute Gasteiger partial charge is 0.283 e. The fourth-order valence-corrected chi connectivity index (χ4v) is 2.67. The molecule has 15 heavy (non-hydrogen) atoms. The zero-order valence-corrected chi connectivity index (χ0v) is 10.7. The Hall–Kier alpha value is -0.330. The van der Waals surface area contributed by atoms with Gasteiger partial charge in [-0.25, -0.2) is 12.8 Å². The molecule has 0 atom stereocenters. The number of benzene rings is 1. The monoisotopic (exact) mass is 315 g/mol. The van der Waals surface area contributed by atoms with Crippen LogP contribution in [0.1, 0.15) is 0 Å². The highest BCUT2D eigenvalue weighted by molar-refractivity contribution is 9.10. The molecule has 0 radical (unpaired) electrons. The summed E-state index contributed by atoms with van der Waals surface area (Å²) >= 11 is 8.28. The van der Waals surface area contributed by atoms with Crippen molar-refractivity contribution in [3.05, 3.63) is 28.5 Å². The number of sulfonamides is 1. The van der Waals surface area contributed by atoms with Crippen molar-refractivity contribution in [3.8, 4) is 0 Å². The van der Waals surface area contributed by atoms with Gasteiger partial charge in [-0.15, -0.1) is 11.6 Å². The van der Waals surface area contributed by atoms with Gasteiger partial charge in [0.2, 0.25) is 10.0 Å². The topological polar surface area (TPSA) is 46.2 Å². The van der Waals surface area contributed by atoms with E-state index in [2.05, 4.69) is 20.7 Å². The number of hydrogen-bond donors (Lipinski definition) is 1. The molecule has 0 spiro atoms. The molecule has 7 heteroatoms. The van der Waals surface area contributed by atoms with Crippen LogP contribution in [0.3, 0.4) is 0 Å². The molecule has 0 saturated carbocycles. The van der Waals surface area contributed by atoms with E-state index < -0.39 is 15.8 Å². The first-order valence-electron chi connectivity index (χ1n) is 3.96. The minimum atomic E-state index is -3.44. The maximum atomic E-state index is 12.8. The highest BCUT2D eigenvalue weighted by Crippen LogP contribution is 2.20. The van der Waals surface area contributed by atoms with Crippen molar-refractivity contribution in [2.24, 2.45) is 0 Å². The van der Waals surface area contributed by atoms with E-state index in [1.807, 2.05) is 0 Å². The van der Waals surface area contributed by atoms with E-state index in [0.29, 0.717) is 5.69 Å². The van der Waals surface area contributed by atoms with Crippen molar-refractivity contribution in [1.82, 2.24) is 0 Å². The average Bonchev–Trinajstić information content (AvgIpc) is 2.10. The van der Waals surface area contributed by atoms with E-state index in [-0.39, 0.29) is 16.1 Å². The van der Waals surface area contributed by atoms with E-state index in [0.717, 1.165) is 0 Å². The molecular weight excluding hydrogens is 309 g/mol. The van der Waals surface area contributed by atoms with Crippen LogP contribution in [-0.4, -0.2) is 20.1 Å². The van der Waals surface area contributed by atoms with Gasteiger partial charge in [-0.2, -0.15) is 0 Å². The lowest BCUT2D eigenvalue weighted by atomic mass is 10.3. The highest BCUT2D eigenvalue weighted by Gasteiger charge is 2.10. The quantitative estimate of drug-likeness (QED) is 0.868. The maximum Gasteiger partial charge on any atom is 0.233 e. The number of halogens is 3. The molecule has 0 amide bonds. The summed E-state index contributed by atoms with van der Waals surface area (Å²) in [5, 5.41) is 0. The van der Waals surface area contributed by atoms with Crippen LogP contribution in [0, 0.1) is 5.82 Å². The number of rotatable bonds is 4. The molecular formula is C8H8BrClFNO2S. The minimum absolute atomic E-state index is 0.0116. The number of nitrogens with one attached hydrogen (secondary N) is 1. The Labute approximate surface area is 101 Å². The van der Waals surface area contributed by atoms with Crippen molar-refractivity contribution in [1.29, 1.82) is 0 Å². The van der Waals surface area contributed by atoms with E-state index in [1.165, 1.54) is 18.2 Å². The minimum Gasteiger partial charge on any atom is -0.283 e. The molecule has 3 nitrogen and oxygen atoms in total. The molecule has 0 heterocycles. The molecule has 0 saturated heterocycles. The SMILES string of the molecule is O=S(=O)(CCCl)Nc1ccc(F)c(Br)c1. The normalized spacial score (nSPS) is 11.4. The smallest absolute Gasteiger partial charge is 0.233 e. The fourth-order valence-electron chi connectivity index (χ4n) is 0.892. The molecule has 84 valence electrons. The second-order valence-electron chi connectivity index (χ2n) is 2.74. The van der Waals surface area contributed by atoms with Gasteiger partial charge < -0.3 is 0 Å². The molecule has 0 aliphatic heterocycles. The first kappa shape index (κ1) is 12.7. The zero-order chi connectivity index (χ0) is 11.5. The zero-order valence-electron chi connectivity index (χ0n) is 7.50. The van der Waals surface area contributed by atoms with Gasteiger partial charge in [-0.1, -0.05) is 0 Å². The second kappa shape index (κ2) is 5.14. The lowest BCUT2D eigenvalue weighted by molar-refractivity contribution is 0.602. The van der Waals surface area contributed by atoms with Crippen molar-refractivity contribution in [2.75, 3.05) is 16.4 Å². The van der Waals surface area contributed by atoms with Gasteiger partial charge in [0.05, 0.1) is 10.2 Å². The van der Waals surface area contributed by atoms with Crippen molar-refractivity contribution < 1.29 is 12.8 Å². The summed E-state index contributed by atoms with van der Waals surface area (Å²) in [7, 11) is -3.44.